The van der Waals surface area contributed by atoms with Gasteiger partial charge in [-0.25, -0.2) is 0 Å². The predicted octanol–water partition coefficient (Wildman–Crippen LogP) is 3.48. The van der Waals surface area contributed by atoms with E-state index in [1.807, 2.05) is 12.1 Å². The zero-order valence-electron chi connectivity index (χ0n) is 8.50. The van der Waals surface area contributed by atoms with Gasteiger partial charge in [-0.15, -0.1) is 0 Å². The van der Waals surface area contributed by atoms with E-state index in [0.717, 1.165) is 10.8 Å². The topological polar surface area (TPSA) is 26.3 Å². The molecule has 0 atom stereocenters. The van der Waals surface area contributed by atoms with E-state index in [1.165, 1.54) is 0 Å². The van der Waals surface area contributed by atoms with Crippen molar-refractivity contribution in [3.8, 4) is 5.75 Å². The Morgan fingerprint density at radius 3 is 2.50 bits per heavy atom. The molecule has 0 heterocycles. The Morgan fingerprint density at radius 1 is 1.36 bits per heavy atom. The first-order valence-corrected chi connectivity index (χ1v) is 8.56. The molecule has 0 aliphatic rings. The van der Waals surface area contributed by atoms with Crippen molar-refractivity contribution in [2.24, 2.45) is 0 Å². The van der Waals surface area contributed by atoms with Crippen molar-refractivity contribution < 1.29 is 9.22 Å². The fraction of sp³-hybridized carbons (Fsp3) is 0.300. The molecule has 76 valence electrons. The summed E-state index contributed by atoms with van der Waals surface area (Å²) in [5, 5.41) is 0. The van der Waals surface area contributed by atoms with Gasteiger partial charge in [0.25, 0.3) is 0 Å². The average molecular weight is 273 g/mol. The second-order valence-corrected chi connectivity index (χ2v) is 9.36. The first-order chi connectivity index (χ1) is 6.42. The zero-order valence-corrected chi connectivity index (χ0v) is 11.1. The van der Waals surface area contributed by atoms with Crippen molar-refractivity contribution in [2.75, 3.05) is 0 Å². The molecule has 0 unspecified atom stereocenters. The predicted molar refractivity (Wildman–Crippen MR) is 63.5 cm³/mol. The average Bonchev–Trinajstić information content (AvgIpc) is 2.01. The number of benzene rings is 1. The molecule has 0 saturated carbocycles. The van der Waals surface area contributed by atoms with Gasteiger partial charge in [0.1, 0.15) is 5.75 Å². The summed E-state index contributed by atoms with van der Waals surface area (Å²) in [5.74, 6) is 0.675. The van der Waals surface area contributed by atoms with Crippen LogP contribution in [0.15, 0.2) is 22.7 Å². The van der Waals surface area contributed by atoms with Gasteiger partial charge in [-0.2, -0.15) is 0 Å². The first kappa shape index (κ1) is 11.5. The number of halogens is 1. The van der Waals surface area contributed by atoms with E-state index in [2.05, 4.69) is 35.6 Å². The molecule has 0 amide bonds. The molecule has 4 heteroatoms. The number of carbonyl (C=O) groups is 1. The lowest BCUT2D eigenvalue weighted by Gasteiger charge is -2.20. The van der Waals surface area contributed by atoms with E-state index in [-0.39, 0.29) is 0 Å². The Kier molecular flexibility index (Phi) is 3.50. The largest absolute Gasteiger partial charge is 0.544 e. The van der Waals surface area contributed by atoms with Crippen molar-refractivity contribution in [3.05, 3.63) is 28.2 Å². The van der Waals surface area contributed by atoms with E-state index >= 15 is 0 Å². The second kappa shape index (κ2) is 4.27. The molecule has 0 aliphatic heterocycles. The van der Waals surface area contributed by atoms with Gasteiger partial charge in [0.05, 0.1) is 5.56 Å². The summed E-state index contributed by atoms with van der Waals surface area (Å²) in [6.45, 7) is 6.26. The lowest BCUT2D eigenvalue weighted by molar-refractivity contribution is 0.112. The first-order valence-electron chi connectivity index (χ1n) is 4.36. The molecule has 0 aromatic heterocycles. The van der Waals surface area contributed by atoms with E-state index in [4.69, 9.17) is 4.43 Å². The van der Waals surface area contributed by atoms with Crippen LogP contribution in [0.1, 0.15) is 10.4 Å². The molecule has 0 bridgehead atoms. The minimum atomic E-state index is -1.65. The van der Waals surface area contributed by atoms with Crippen LogP contribution in [0.5, 0.6) is 5.75 Å². The van der Waals surface area contributed by atoms with Crippen molar-refractivity contribution >= 4 is 30.5 Å². The minimum Gasteiger partial charge on any atom is -0.544 e. The van der Waals surface area contributed by atoms with Gasteiger partial charge < -0.3 is 4.43 Å². The minimum absolute atomic E-state index is 0.607. The molecule has 1 aromatic carbocycles. The second-order valence-electron chi connectivity index (χ2n) is 4.01. The highest BCUT2D eigenvalue weighted by Gasteiger charge is 2.18. The fourth-order valence-electron chi connectivity index (χ4n) is 1.02. The maximum absolute atomic E-state index is 10.7. The van der Waals surface area contributed by atoms with Crippen LogP contribution >= 0.6 is 15.9 Å². The number of hydrogen-bond acceptors (Lipinski definition) is 2. The summed E-state index contributed by atoms with van der Waals surface area (Å²) in [6.07, 6.45) is 0.821. The van der Waals surface area contributed by atoms with Crippen molar-refractivity contribution in [2.45, 2.75) is 19.6 Å². The third-order valence-electron chi connectivity index (χ3n) is 1.52. The van der Waals surface area contributed by atoms with Gasteiger partial charge in [0.15, 0.2) is 6.29 Å². The lowest BCUT2D eigenvalue weighted by atomic mass is 10.2. The summed E-state index contributed by atoms with van der Waals surface area (Å²) in [5.41, 5.74) is 0.607. The highest BCUT2D eigenvalue weighted by Crippen LogP contribution is 2.24. The van der Waals surface area contributed by atoms with Gasteiger partial charge in [0, 0.05) is 4.47 Å². The molecule has 0 aliphatic carbocycles. The Bertz CT molecular complexity index is 344. The molecule has 0 radical (unpaired) electrons. The smallest absolute Gasteiger partial charge is 0.242 e. The van der Waals surface area contributed by atoms with Crippen LogP contribution in [0.2, 0.25) is 19.6 Å². The van der Waals surface area contributed by atoms with Crippen LogP contribution < -0.4 is 4.43 Å². The molecule has 1 rings (SSSR count). The SMILES string of the molecule is C[Si](C)(C)Oc1cc(Br)ccc1C=O. The number of hydrogen-bond donors (Lipinski definition) is 0. The zero-order chi connectivity index (χ0) is 10.8. The standard InChI is InChI=1S/C10H13BrO2Si/c1-14(2,3)13-10-6-9(11)5-4-8(10)7-12/h4-7H,1-3H3. The van der Waals surface area contributed by atoms with E-state index in [9.17, 15) is 4.79 Å². The third kappa shape index (κ3) is 3.27. The Labute approximate surface area is 93.5 Å². The summed E-state index contributed by atoms with van der Waals surface area (Å²) in [7, 11) is -1.65. The molecule has 0 saturated heterocycles. The van der Waals surface area contributed by atoms with Gasteiger partial charge >= 0.3 is 0 Å². The Hall–Kier alpha value is -0.613. The van der Waals surface area contributed by atoms with Crippen LogP contribution in [0.3, 0.4) is 0 Å². The maximum Gasteiger partial charge on any atom is 0.242 e. The summed E-state index contributed by atoms with van der Waals surface area (Å²) >= 11 is 3.35. The summed E-state index contributed by atoms with van der Waals surface area (Å²) in [6, 6.07) is 5.43. The molecule has 2 nitrogen and oxygen atoms in total. The van der Waals surface area contributed by atoms with Crippen LogP contribution in [0.4, 0.5) is 0 Å². The van der Waals surface area contributed by atoms with E-state index in [0.29, 0.717) is 11.3 Å². The van der Waals surface area contributed by atoms with Crippen LogP contribution in [0, 0.1) is 0 Å². The van der Waals surface area contributed by atoms with Crippen molar-refractivity contribution in [1.29, 1.82) is 0 Å². The Morgan fingerprint density at radius 2 is 2.00 bits per heavy atom. The van der Waals surface area contributed by atoms with Crippen LogP contribution in [0.25, 0.3) is 0 Å². The highest BCUT2D eigenvalue weighted by atomic mass is 79.9. The lowest BCUT2D eigenvalue weighted by Crippen LogP contribution is -2.29. The molecule has 0 fully saturated rings. The van der Waals surface area contributed by atoms with Crippen LogP contribution in [-0.2, 0) is 0 Å². The van der Waals surface area contributed by atoms with Gasteiger partial charge in [-0.1, -0.05) is 15.9 Å². The normalized spacial score (nSPS) is 11.1. The van der Waals surface area contributed by atoms with E-state index in [1.54, 1.807) is 6.07 Å². The maximum atomic E-state index is 10.7. The van der Waals surface area contributed by atoms with Crippen LogP contribution in [-0.4, -0.2) is 14.6 Å². The van der Waals surface area contributed by atoms with Crippen molar-refractivity contribution in [1.82, 2.24) is 0 Å². The highest BCUT2D eigenvalue weighted by molar-refractivity contribution is 9.10. The number of aldehydes is 1. The monoisotopic (exact) mass is 272 g/mol. The molecule has 1 aromatic rings. The summed E-state index contributed by atoms with van der Waals surface area (Å²) < 4.78 is 6.71. The third-order valence-corrected chi connectivity index (χ3v) is 2.84. The molecule has 0 spiro atoms. The van der Waals surface area contributed by atoms with Gasteiger partial charge in [-0.3, -0.25) is 4.79 Å². The summed E-state index contributed by atoms with van der Waals surface area (Å²) in [4.78, 5) is 10.7. The Balaban J connectivity index is 3.05. The number of rotatable bonds is 3. The van der Waals surface area contributed by atoms with Gasteiger partial charge in [0.2, 0.25) is 8.32 Å². The fourth-order valence-corrected chi connectivity index (χ4v) is 2.20. The molecule has 0 N–H and O–H groups in total. The van der Waals surface area contributed by atoms with Gasteiger partial charge in [-0.05, 0) is 37.8 Å². The molecular formula is C10H13BrO2Si. The van der Waals surface area contributed by atoms with E-state index < -0.39 is 8.32 Å². The quantitative estimate of drug-likeness (QED) is 0.622. The number of carbonyl (C=O) groups excluding carboxylic acids is 1. The molecule has 14 heavy (non-hydrogen) atoms. The van der Waals surface area contributed by atoms with Crippen molar-refractivity contribution in [3.63, 3.8) is 0 Å². The molecular weight excluding hydrogens is 260 g/mol.